The molecule has 0 fully saturated rings. The molecule has 0 spiro atoms. The molecule has 0 bridgehead atoms. The van der Waals surface area contributed by atoms with Gasteiger partial charge in [-0.25, -0.2) is 0 Å². The van der Waals surface area contributed by atoms with E-state index in [4.69, 9.17) is 20.1 Å². The highest BCUT2D eigenvalue weighted by Gasteiger charge is 1.85. The van der Waals surface area contributed by atoms with Crippen molar-refractivity contribution in [1.82, 2.24) is 0 Å². The van der Waals surface area contributed by atoms with Gasteiger partial charge < -0.3 is 20.1 Å². The number of aliphatic hydroxyl groups is 3. The summed E-state index contributed by atoms with van der Waals surface area (Å²) < 4.78 is 5.10. The van der Waals surface area contributed by atoms with Crippen LogP contribution in [0.2, 0.25) is 0 Å². The molecule has 0 atom stereocenters. The summed E-state index contributed by atoms with van der Waals surface area (Å²) in [6, 6.07) is 0. The van der Waals surface area contributed by atoms with E-state index in [1.54, 1.807) is 0 Å². The van der Waals surface area contributed by atoms with E-state index in [2.05, 4.69) is 0 Å². The van der Waals surface area contributed by atoms with Gasteiger partial charge in [-0.3, -0.25) is 0 Å². The molecule has 0 heterocycles. The van der Waals surface area contributed by atoms with Crippen LogP contribution in [0.4, 0.5) is 0 Å². The van der Waals surface area contributed by atoms with Crippen molar-refractivity contribution >= 4 is 0 Å². The molecular weight excluding hydrogens is 220 g/mol. The van der Waals surface area contributed by atoms with E-state index in [1.807, 2.05) is 6.92 Å². The monoisotopic (exact) mass is 252 g/mol. The standard InChI is InChI=1S/C7H16O2.C5H12O2.CH4/c1-2-9-7-5-3-4-6-8;6-4-2-1-3-5-7;/h8H,2-7H2,1H3;6-7H,1-5H2;1H4. The van der Waals surface area contributed by atoms with Crippen molar-refractivity contribution in [3.05, 3.63) is 0 Å². The molecule has 4 heteroatoms. The summed E-state index contributed by atoms with van der Waals surface area (Å²) in [4.78, 5) is 0. The molecule has 0 aliphatic heterocycles. The minimum absolute atomic E-state index is 0. The molecule has 108 valence electrons. The first-order valence-corrected chi connectivity index (χ1v) is 6.23. The highest BCUT2D eigenvalue weighted by atomic mass is 16.5. The summed E-state index contributed by atoms with van der Waals surface area (Å²) >= 11 is 0. The third-order valence-electron chi connectivity index (χ3n) is 1.97. The zero-order valence-corrected chi connectivity index (χ0v) is 10.5. The summed E-state index contributed by atoms with van der Waals surface area (Å²) in [5, 5.41) is 24.8. The summed E-state index contributed by atoms with van der Waals surface area (Å²) in [6.07, 6.45) is 5.64. The Morgan fingerprint density at radius 1 is 0.706 bits per heavy atom. The molecule has 4 nitrogen and oxygen atoms in total. The van der Waals surface area contributed by atoms with Gasteiger partial charge in [-0.1, -0.05) is 7.43 Å². The maximum atomic E-state index is 8.38. The fourth-order valence-corrected chi connectivity index (χ4v) is 1.04. The van der Waals surface area contributed by atoms with Crippen molar-refractivity contribution in [2.24, 2.45) is 0 Å². The highest BCUT2D eigenvalue weighted by molar-refractivity contribution is 4.38. The van der Waals surface area contributed by atoms with Crippen molar-refractivity contribution in [2.45, 2.75) is 52.9 Å². The van der Waals surface area contributed by atoms with Crippen molar-refractivity contribution in [2.75, 3.05) is 33.0 Å². The third kappa shape index (κ3) is 31.3. The Kier molecular flexibility index (Phi) is 32.3. The number of hydrogen-bond acceptors (Lipinski definition) is 4. The molecule has 0 aliphatic rings. The second-order valence-corrected chi connectivity index (χ2v) is 3.49. The zero-order chi connectivity index (χ0) is 12.5. The normalized spacial score (nSPS) is 9.18. The number of rotatable bonds is 10. The molecule has 0 aliphatic carbocycles. The van der Waals surface area contributed by atoms with Crippen LogP contribution in [0.5, 0.6) is 0 Å². The molecule has 0 aromatic heterocycles. The van der Waals surface area contributed by atoms with E-state index in [1.165, 1.54) is 0 Å². The first-order valence-electron chi connectivity index (χ1n) is 6.23. The van der Waals surface area contributed by atoms with Crippen LogP contribution in [-0.2, 0) is 4.74 Å². The van der Waals surface area contributed by atoms with Crippen molar-refractivity contribution in [3.8, 4) is 0 Å². The SMILES string of the molecule is C.CCOCCCCCO.OCCCCCO. The molecule has 0 radical (unpaired) electrons. The van der Waals surface area contributed by atoms with Crippen LogP contribution in [0.25, 0.3) is 0 Å². The smallest absolute Gasteiger partial charge is 0.0465 e. The first-order chi connectivity index (χ1) is 7.83. The van der Waals surface area contributed by atoms with Gasteiger partial charge in [0.05, 0.1) is 0 Å². The molecule has 3 N–H and O–H groups in total. The Morgan fingerprint density at radius 2 is 1.12 bits per heavy atom. The van der Waals surface area contributed by atoms with Crippen molar-refractivity contribution in [1.29, 1.82) is 0 Å². The predicted octanol–water partition coefficient (Wildman–Crippen LogP) is 1.96. The lowest BCUT2D eigenvalue weighted by Crippen LogP contribution is -1.93. The van der Waals surface area contributed by atoms with Crippen LogP contribution < -0.4 is 0 Å². The fraction of sp³-hybridized carbons (Fsp3) is 1.00. The second-order valence-electron chi connectivity index (χ2n) is 3.49. The Balaban J connectivity index is -0.000000224. The molecule has 17 heavy (non-hydrogen) atoms. The average Bonchev–Trinajstić information content (AvgIpc) is 2.31. The molecular formula is C13H32O4. The van der Waals surface area contributed by atoms with Crippen molar-refractivity contribution in [3.63, 3.8) is 0 Å². The molecule has 0 amide bonds. The van der Waals surface area contributed by atoms with Crippen LogP contribution in [-0.4, -0.2) is 48.4 Å². The lowest BCUT2D eigenvalue weighted by Gasteiger charge is -1.98. The Hall–Kier alpha value is -0.160. The number of hydrogen-bond donors (Lipinski definition) is 3. The van der Waals surface area contributed by atoms with Gasteiger partial charge >= 0.3 is 0 Å². The average molecular weight is 252 g/mol. The Bertz CT molecular complexity index is 89.4. The molecule has 0 unspecified atom stereocenters. The van der Waals surface area contributed by atoms with Gasteiger partial charge in [-0.05, 0) is 45.4 Å². The van der Waals surface area contributed by atoms with Crippen LogP contribution in [0.3, 0.4) is 0 Å². The number of unbranched alkanes of at least 4 members (excludes halogenated alkanes) is 4. The van der Waals surface area contributed by atoms with Gasteiger partial charge in [0.1, 0.15) is 0 Å². The molecule has 0 aromatic rings. The van der Waals surface area contributed by atoms with E-state index in [-0.39, 0.29) is 20.6 Å². The van der Waals surface area contributed by atoms with E-state index in [0.29, 0.717) is 6.61 Å². The zero-order valence-electron chi connectivity index (χ0n) is 10.5. The minimum Gasteiger partial charge on any atom is -0.396 e. The van der Waals surface area contributed by atoms with Crippen molar-refractivity contribution < 1.29 is 20.1 Å². The second kappa shape index (κ2) is 24.9. The molecule has 0 saturated carbocycles. The van der Waals surface area contributed by atoms with Gasteiger partial charge in [0, 0.05) is 33.0 Å². The van der Waals surface area contributed by atoms with E-state index in [9.17, 15) is 0 Å². The summed E-state index contributed by atoms with van der Waals surface area (Å²) in [7, 11) is 0. The fourth-order valence-electron chi connectivity index (χ4n) is 1.04. The van der Waals surface area contributed by atoms with Gasteiger partial charge in [-0.15, -0.1) is 0 Å². The lowest BCUT2D eigenvalue weighted by molar-refractivity contribution is 0.141. The summed E-state index contributed by atoms with van der Waals surface area (Å²) in [6.45, 7) is 4.45. The lowest BCUT2D eigenvalue weighted by atomic mass is 10.2. The Labute approximate surface area is 107 Å². The van der Waals surface area contributed by atoms with Gasteiger partial charge in [0.15, 0.2) is 0 Å². The van der Waals surface area contributed by atoms with Crippen LogP contribution >= 0.6 is 0 Å². The molecule has 0 aromatic carbocycles. The molecule has 0 rings (SSSR count). The van der Waals surface area contributed by atoms with E-state index >= 15 is 0 Å². The van der Waals surface area contributed by atoms with E-state index in [0.717, 1.165) is 51.7 Å². The largest absolute Gasteiger partial charge is 0.396 e. The van der Waals surface area contributed by atoms with Crippen LogP contribution in [0, 0.1) is 0 Å². The molecule has 0 saturated heterocycles. The Morgan fingerprint density at radius 3 is 1.47 bits per heavy atom. The number of aliphatic hydroxyl groups excluding tert-OH is 3. The summed E-state index contributed by atoms with van der Waals surface area (Å²) in [5.74, 6) is 0. The van der Waals surface area contributed by atoms with Crippen LogP contribution in [0.1, 0.15) is 52.9 Å². The summed E-state index contributed by atoms with van der Waals surface area (Å²) in [5.41, 5.74) is 0. The third-order valence-corrected chi connectivity index (χ3v) is 1.97. The predicted molar refractivity (Wildman–Crippen MR) is 72.2 cm³/mol. The van der Waals surface area contributed by atoms with Gasteiger partial charge in [0.2, 0.25) is 0 Å². The maximum Gasteiger partial charge on any atom is 0.0465 e. The topological polar surface area (TPSA) is 69.9 Å². The number of ether oxygens (including phenoxy) is 1. The van der Waals surface area contributed by atoms with Crippen LogP contribution in [0.15, 0.2) is 0 Å². The quantitative estimate of drug-likeness (QED) is 0.520. The van der Waals surface area contributed by atoms with Gasteiger partial charge in [0.25, 0.3) is 0 Å². The van der Waals surface area contributed by atoms with Gasteiger partial charge in [-0.2, -0.15) is 0 Å². The first kappa shape index (κ1) is 22.1. The van der Waals surface area contributed by atoms with E-state index < -0.39 is 0 Å². The minimum atomic E-state index is 0. The highest BCUT2D eigenvalue weighted by Crippen LogP contribution is 1.93. The maximum absolute atomic E-state index is 8.38.